The lowest BCUT2D eigenvalue weighted by Crippen LogP contribution is -2.62. The second-order valence-electron chi connectivity index (χ2n) is 7.28. The fourth-order valence-electron chi connectivity index (χ4n) is 3.84. The van der Waals surface area contributed by atoms with Crippen LogP contribution in [0.5, 0.6) is 0 Å². The summed E-state index contributed by atoms with van der Waals surface area (Å²) in [6.45, 7) is 5.40. The van der Waals surface area contributed by atoms with Crippen molar-refractivity contribution in [2.24, 2.45) is 11.8 Å². The Morgan fingerprint density at radius 3 is 2.33 bits per heavy atom. The van der Waals surface area contributed by atoms with E-state index in [-0.39, 0.29) is 5.97 Å². The zero-order valence-electron chi connectivity index (χ0n) is 13.6. The molecule has 0 aromatic rings. The van der Waals surface area contributed by atoms with Gasteiger partial charge in [-0.25, -0.2) is 4.79 Å². The first-order valence-electron chi connectivity index (χ1n) is 8.76. The van der Waals surface area contributed by atoms with E-state index in [1.807, 2.05) is 0 Å². The Hall–Kier alpha value is -0.610. The van der Waals surface area contributed by atoms with Crippen LogP contribution < -0.4 is 5.32 Å². The molecule has 0 amide bonds. The van der Waals surface area contributed by atoms with E-state index >= 15 is 0 Å². The van der Waals surface area contributed by atoms with Gasteiger partial charge in [-0.15, -0.1) is 0 Å². The molecule has 2 aliphatic carbocycles. The van der Waals surface area contributed by atoms with Gasteiger partial charge in [-0.05, 0) is 63.5 Å². The van der Waals surface area contributed by atoms with Gasteiger partial charge < -0.3 is 9.64 Å². The van der Waals surface area contributed by atoms with Gasteiger partial charge >= 0.3 is 5.97 Å². The first-order valence-corrected chi connectivity index (χ1v) is 8.76. The van der Waals surface area contributed by atoms with Crippen molar-refractivity contribution in [1.82, 2.24) is 10.2 Å². The number of piperidine rings is 1. The van der Waals surface area contributed by atoms with Crippen LogP contribution in [0, 0.1) is 11.8 Å². The maximum Gasteiger partial charge on any atom is 0.327 e. The number of carbonyl (C=O) groups is 1. The number of hydrogen-bond donors (Lipinski definition) is 1. The third-order valence-electron chi connectivity index (χ3n) is 5.62. The van der Waals surface area contributed by atoms with Crippen molar-refractivity contribution in [2.75, 3.05) is 26.7 Å². The molecule has 2 saturated carbocycles. The van der Waals surface area contributed by atoms with Crippen molar-refractivity contribution in [3.63, 3.8) is 0 Å². The third kappa shape index (κ3) is 3.42. The van der Waals surface area contributed by atoms with Crippen molar-refractivity contribution in [1.29, 1.82) is 0 Å². The molecular weight excluding hydrogens is 264 g/mol. The van der Waals surface area contributed by atoms with Gasteiger partial charge in [-0.2, -0.15) is 0 Å². The second kappa shape index (κ2) is 6.25. The summed E-state index contributed by atoms with van der Waals surface area (Å²) in [5.74, 6) is 1.33. The predicted octanol–water partition coefficient (Wildman–Crippen LogP) is 2.18. The average molecular weight is 294 g/mol. The lowest BCUT2D eigenvalue weighted by Gasteiger charge is -2.40. The van der Waals surface area contributed by atoms with Crippen molar-refractivity contribution in [3.8, 4) is 0 Å². The van der Waals surface area contributed by atoms with Crippen LogP contribution in [-0.4, -0.2) is 49.2 Å². The quantitative estimate of drug-likeness (QED) is 0.731. The molecule has 4 heteroatoms. The zero-order chi connectivity index (χ0) is 14.9. The van der Waals surface area contributed by atoms with Crippen LogP contribution in [0.15, 0.2) is 0 Å². The lowest BCUT2D eigenvalue weighted by atomic mass is 9.89. The molecular formula is C17H30N2O2. The van der Waals surface area contributed by atoms with E-state index in [9.17, 15) is 4.79 Å². The molecule has 3 rings (SSSR count). The third-order valence-corrected chi connectivity index (χ3v) is 5.62. The summed E-state index contributed by atoms with van der Waals surface area (Å²) in [4.78, 5) is 15.1. The summed E-state index contributed by atoms with van der Waals surface area (Å²) >= 11 is 0. The number of rotatable bonds is 7. The van der Waals surface area contributed by atoms with E-state index in [0.717, 1.165) is 25.6 Å². The summed E-state index contributed by atoms with van der Waals surface area (Å²) in [5, 5.41) is 3.67. The largest absolute Gasteiger partial charge is 0.468 e. The molecule has 3 aliphatic rings. The number of nitrogens with zero attached hydrogens (tertiary/aromatic N) is 1. The normalized spacial score (nSPS) is 27.3. The fraction of sp³-hybridized carbons (Fsp3) is 0.941. The number of hydrogen-bond acceptors (Lipinski definition) is 4. The molecule has 0 radical (unpaired) electrons. The van der Waals surface area contributed by atoms with Gasteiger partial charge in [0.2, 0.25) is 0 Å². The lowest BCUT2D eigenvalue weighted by molar-refractivity contribution is -0.151. The van der Waals surface area contributed by atoms with E-state index in [1.165, 1.54) is 52.1 Å². The highest BCUT2D eigenvalue weighted by Gasteiger charge is 2.54. The molecule has 3 fully saturated rings. The molecule has 1 heterocycles. The molecule has 0 aromatic heterocycles. The van der Waals surface area contributed by atoms with Crippen molar-refractivity contribution in [2.45, 2.75) is 63.5 Å². The SMILES string of the molecule is CCC1CCN(CC(NC2CC2)(C(=O)OC)C2CC2)CC1. The predicted molar refractivity (Wildman–Crippen MR) is 83.1 cm³/mol. The van der Waals surface area contributed by atoms with E-state index in [2.05, 4.69) is 17.1 Å². The van der Waals surface area contributed by atoms with Crippen LogP contribution in [0.4, 0.5) is 0 Å². The first-order chi connectivity index (χ1) is 10.2. The number of carbonyl (C=O) groups excluding carboxylic acids is 1. The monoisotopic (exact) mass is 294 g/mol. The van der Waals surface area contributed by atoms with Gasteiger partial charge in [0.1, 0.15) is 5.54 Å². The minimum Gasteiger partial charge on any atom is -0.468 e. The molecule has 1 unspecified atom stereocenters. The van der Waals surface area contributed by atoms with E-state index in [0.29, 0.717) is 12.0 Å². The standard InChI is InChI=1S/C17H30N2O2/c1-3-13-8-10-19(11-9-13)12-17(14-4-5-14,16(20)21-2)18-15-6-7-15/h13-15,18H,3-12H2,1-2H3. The van der Waals surface area contributed by atoms with E-state index in [4.69, 9.17) is 4.74 Å². The summed E-state index contributed by atoms with van der Waals surface area (Å²) in [7, 11) is 1.54. The zero-order valence-corrected chi connectivity index (χ0v) is 13.6. The molecule has 1 saturated heterocycles. The Bertz CT molecular complexity index is 371. The number of methoxy groups -OCH3 is 1. The topological polar surface area (TPSA) is 41.6 Å². The fourth-order valence-corrected chi connectivity index (χ4v) is 3.84. The van der Waals surface area contributed by atoms with E-state index < -0.39 is 5.54 Å². The van der Waals surface area contributed by atoms with Crippen molar-refractivity contribution in [3.05, 3.63) is 0 Å². The number of ether oxygens (including phenoxy) is 1. The molecule has 1 aliphatic heterocycles. The summed E-state index contributed by atoms with van der Waals surface area (Å²) in [5.41, 5.74) is -0.436. The van der Waals surface area contributed by atoms with Crippen molar-refractivity contribution < 1.29 is 9.53 Å². The molecule has 120 valence electrons. The Balaban J connectivity index is 1.67. The highest BCUT2D eigenvalue weighted by Crippen LogP contribution is 2.43. The molecule has 0 aromatic carbocycles. The summed E-state index contributed by atoms with van der Waals surface area (Å²) in [6, 6.07) is 0.540. The summed E-state index contributed by atoms with van der Waals surface area (Å²) < 4.78 is 5.20. The Labute approximate surface area is 128 Å². The first kappa shape index (κ1) is 15.3. The smallest absolute Gasteiger partial charge is 0.327 e. The maximum atomic E-state index is 12.6. The number of likely N-dealkylation sites (tertiary alicyclic amines) is 1. The minimum absolute atomic E-state index is 0.0329. The van der Waals surface area contributed by atoms with Gasteiger partial charge in [0.25, 0.3) is 0 Å². The van der Waals surface area contributed by atoms with Gasteiger partial charge in [0.15, 0.2) is 0 Å². The Kier molecular flexibility index (Phi) is 4.55. The van der Waals surface area contributed by atoms with Crippen LogP contribution in [-0.2, 0) is 9.53 Å². The molecule has 1 N–H and O–H groups in total. The number of nitrogens with one attached hydrogen (secondary N) is 1. The minimum atomic E-state index is -0.436. The van der Waals surface area contributed by atoms with Crippen molar-refractivity contribution >= 4 is 5.97 Å². The maximum absolute atomic E-state index is 12.6. The van der Waals surface area contributed by atoms with Crippen LogP contribution in [0.25, 0.3) is 0 Å². The molecule has 0 spiro atoms. The van der Waals surface area contributed by atoms with Crippen LogP contribution >= 0.6 is 0 Å². The van der Waals surface area contributed by atoms with Crippen LogP contribution in [0.3, 0.4) is 0 Å². The Morgan fingerprint density at radius 1 is 1.19 bits per heavy atom. The van der Waals surface area contributed by atoms with Gasteiger partial charge in [0, 0.05) is 12.6 Å². The molecule has 1 atom stereocenters. The molecule has 4 nitrogen and oxygen atoms in total. The van der Waals surface area contributed by atoms with Gasteiger partial charge in [-0.1, -0.05) is 13.3 Å². The van der Waals surface area contributed by atoms with Crippen LogP contribution in [0.1, 0.15) is 51.9 Å². The van der Waals surface area contributed by atoms with Crippen LogP contribution in [0.2, 0.25) is 0 Å². The number of esters is 1. The van der Waals surface area contributed by atoms with Gasteiger partial charge in [-0.3, -0.25) is 5.32 Å². The van der Waals surface area contributed by atoms with Gasteiger partial charge in [0.05, 0.1) is 7.11 Å². The molecule has 21 heavy (non-hydrogen) atoms. The molecule has 0 bridgehead atoms. The average Bonchev–Trinajstić information content (AvgIpc) is 3.39. The second-order valence-corrected chi connectivity index (χ2v) is 7.28. The highest BCUT2D eigenvalue weighted by atomic mass is 16.5. The summed E-state index contributed by atoms with van der Waals surface area (Å²) in [6.07, 6.45) is 8.61. The van der Waals surface area contributed by atoms with E-state index in [1.54, 1.807) is 0 Å². The Morgan fingerprint density at radius 2 is 1.86 bits per heavy atom. The highest BCUT2D eigenvalue weighted by molar-refractivity contribution is 5.82.